The van der Waals surface area contributed by atoms with E-state index in [0.29, 0.717) is 6.04 Å². The summed E-state index contributed by atoms with van der Waals surface area (Å²) >= 11 is 0. The Kier molecular flexibility index (Phi) is 3.05. The minimum absolute atomic E-state index is 0.349. The van der Waals surface area contributed by atoms with Gasteiger partial charge in [-0.1, -0.05) is 24.3 Å². The van der Waals surface area contributed by atoms with Crippen LogP contribution < -0.4 is 5.32 Å². The third kappa shape index (κ3) is 2.13. The van der Waals surface area contributed by atoms with Crippen LogP contribution in [-0.4, -0.2) is 16.4 Å². The van der Waals surface area contributed by atoms with E-state index in [0.717, 1.165) is 5.65 Å². The topological polar surface area (TPSA) is 29.3 Å². The van der Waals surface area contributed by atoms with E-state index in [4.69, 9.17) is 0 Å². The number of pyridine rings is 1. The van der Waals surface area contributed by atoms with Crippen molar-refractivity contribution in [2.75, 3.05) is 7.05 Å². The van der Waals surface area contributed by atoms with Crippen LogP contribution in [0.4, 0.5) is 0 Å². The lowest BCUT2D eigenvalue weighted by molar-refractivity contribution is 0.652. The molecule has 0 spiro atoms. The SMILES string of the molecule is CNC(C)c1cccc(-c2cccc3nccn23)c1. The molecule has 1 unspecified atom stereocenters. The second-order valence-electron chi connectivity index (χ2n) is 4.70. The summed E-state index contributed by atoms with van der Waals surface area (Å²) in [6.45, 7) is 2.16. The smallest absolute Gasteiger partial charge is 0.137 e. The van der Waals surface area contributed by atoms with Gasteiger partial charge in [-0.25, -0.2) is 4.98 Å². The predicted molar refractivity (Wildman–Crippen MR) is 78.1 cm³/mol. The summed E-state index contributed by atoms with van der Waals surface area (Å²) in [5.41, 5.74) is 4.64. The summed E-state index contributed by atoms with van der Waals surface area (Å²) in [5, 5.41) is 3.27. The number of benzene rings is 1. The maximum absolute atomic E-state index is 4.33. The first-order valence-electron chi connectivity index (χ1n) is 6.49. The molecule has 19 heavy (non-hydrogen) atoms. The number of aromatic nitrogens is 2. The normalized spacial score (nSPS) is 12.7. The van der Waals surface area contributed by atoms with Gasteiger partial charge in [-0.2, -0.15) is 0 Å². The van der Waals surface area contributed by atoms with Gasteiger partial charge in [-0.05, 0) is 43.3 Å². The third-order valence-corrected chi connectivity index (χ3v) is 3.54. The van der Waals surface area contributed by atoms with E-state index >= 15 is 0 Å². The van der Waals surface area contributed by atoms with Crippen LogP contribution in [-0.2, 0) is 0 Å². The molecule has 0 aliphatic heterocycles. The van der Waals surface area contributed by atoms with E-state index < -0.39 is 0 Å². The molecular formula is C16H17N3. The second-order valence-corrected chi connectivity index (χ2v) is 4.70. The lowest BCUT2D eigenvalue weighted by atomic mass is 10.0. The van der Waals surface area contributed by atoms with Crippen molar-refractivity contribution in [3.05, 3.63) is 60.4 Å². The van der Waals surface area contributed by atoms with Gasteiger partial charge in [0, 0.05) is 18.4 Å². The summed E-state index contributed by atoms with van der Waals surface area (Å²) < 4.78 is 2.11. The number of fused-ring (bicyclic) bond motifs is 1. The van der Waals surface area contributed by atoms with Gasteiger partial charge in [0.1, 0.15) is 5.65 Å². The van der Waals surface area contributed by atoms with Crippen molar-refractivity contribution in [1.29, 1.82) is 0 Å². The van der Waals surface area contributed by atoms with Crippen molar-refractivity contribution in [1.82, 2.24) is 14.7 Å². The lowest BCUT2D eigenvalue weighted by Crippen LogP contribution is -2.12. The van der Waals surface area contributed by atoms with Crippen LogP contribution in [0.3, 0.4) is 0 Å². The average molecular weight is 251 g/mol. The zero-order valence-electron chi connectivity index (χ0n) is 11.2. The Bertz CT molecular complexity index is 700. The number of imidazole rings is 1. The quantitative estimate of drug-likeness (QED) is 0.774. The molecule has 1 atom stereocenters. The summed E-state index contributed by atoms with van der Waals surface area (Å²) in [4.78, 5) is 4.33. The number of rotatable bonds is 3. The Hall–Kier alpha value is -2.13. The van der Waals surface area contributed by atoms with Gasteiger partial charge < -0.3 is 5.32 Å². The van der Waals surface area contributed by atoms with Crippen LogP contribution in [0, 0.1) is 0 Å². The van der Waals surface area contributed by atoms with Gasteiger partial charge in [0.25, 0.3) is 0 Å². The highest BCUT2D eigenvalue weighted by Crippen LogP contribution is 2.23. The minimum Gasteiger partial charge on any atom is -0.313 e. The molecule has 0 saturated heterocycles. The van der Waals surface area contributed by atoms with Crippen LogP contribution in [0.25, 0.3) is 16.9 Å². The zero-order chi connectivity index (χ0) is 13.2. The molecule has 0 radical (unpaired) electrons. The van der Waals surface area contributed by atoms with Crippen molar-refractivity contribution in [2.24, 2.45) is 0 Å². The maximum Gasteiger partial charge on any atom is 0.137 e. The molecule has 2 aromatic heterocycles. The Balaban J connectivity index is 2.14. The van der Waals surface area contributed by atoms with Gasteiger partial charge in [0.15, 0.2) is 0 Å². The van der Waals surface area contributed by atoms with Crippen LogP contribution in [0.15, 0.2) is 54.9 Å². The molecule has 96 valence electrons. The molecule has 0 amide bonds. The van der Waals surface area contributed by atoms with Crippen LogP contribution in [0.5, 0.6) is 0 Å². The second kappa shape index (κ2) is 4.86. The molecule has 3 aromatic rings. The first-order valence-corrected chi connectivity index (χ1v) is 6.49. The van der Waals surface area contributed by atoms with E-state index in [1.807, 2.05) is 31.6 Å². The molecule has 0 aliphatic carbocycles. The molecule has 0 saturated carbocycles. The number of hydrogen-bond acceptors (Lipinski definition) is 2. The fourth-order valence-corrected chi connectivity index (χ4v) is 2.32. The van der Waals surface area contributed by atoms with Gasteiger partial charge in [0.05, 0.1) is 5.69 Å². The Morgan fingerprint density at radius 3 is 2.84 bits per heavy atom. The Morgan fingerprint density at radius 2 is 2.00 bits per heavy atom. The maximum atomic E-state index is 4.33. The molecule has 0 bridgehead atoms. The molecule has 2 heterocycles. The molecule has 3 nitrogen and oxygen atoms in total. The number of hydrogen-bond donors (Lipinski definition) is 1. The number of nitrogens with one attached hydrogen (secondary N) is 1. The van der Waals surface area contributed by atoms with Crippen molar-refractivity contribution >= 4 is 5.65 Å². The summed E-state index contributed by atoms with van der Waals surface area (Å²) in [5.74, 6) is 0. The van der Waals surface area contributed by atoms with E-state index in [1.54, 1.807) is 0 Å². The van der Waals surface area contributed by atoms with E-state index in [9.17, 15) is 0 Å². The molecule has 0 fully saturated rings. The largest absolute Gasteiger partial charge is 0.313 e. The molecular weight excluding hydrogens is 234 g/mol. The first-order chi connectivity index (χ1) is 9.29. The van der Waals surface area contributed by atoms with Gasteiger partial charge in [0.2, 0.25) is 0 Å². The van der Waals surface area contributed by atoms with Crippen LogP contribution in [0.1, 0.15) is 18.5 Å². The van der Waals surface area contributed by atoms with Gasteiger partial charge >= 0.3 is 0 Å². The molecule has 0 aliphatic rings. The van der Waals surface area contributed by atoms with Crippen molar-refractivity contribution < 1.29 is 0 Å². The minimum atomic E-state index is 0.349. The fourth-order valence-electron chi connectivity index (χ4n) is 2.32. The molecule has 1 aromatic carbocycles. The Labute approximate surface area is 112 Å². The van der Waals surface area contributed by atoms with Gasteiger partial charge in [-0.15, -0.1) is 0 Å². The highest BCUT2D eigenvalue weighted by Gasteiger charge is 2.07. The summed E-state index contributed by atoms with van der Waals surface area (Å²) in [7, 11) is 1.98. The third-order valence-electron chi connectivity index (χ3n) is 3.54. The van der Waals surface area contributed by atoms with Crippen molar-refractivity contribution in [3.8, 4) is 11.3 Å². The highest BCUT2D eigenvalue weighted by atomic mass is 15.0. The average Bonchev–Trinajstić information content (AvgIpc) is 2.94. The van der Waals surface area contributed by atoms with Crippen LogP contribution >= 0.6 is 0 Å². The van der Waals surface area contributed by atoms with E-state index in [2.05, 4.69) is 52.0 Å². The molecule has 3 rings (SSSR count). The fraction of sp³-hybridized carbons (Fsp3) is 0.188. The highest BCUT2D eigenvalue weighted by molar-refractivity contribution is 5.64. The van der Waals surface area contributed by atoms with Gasteiger partial charge in [-0.3, -0.25) is 4.40 Å². The van der Waals surface area contributed by atoms with E-state index in [1.165, 1.54) is 16.8 Å². The Morgan fingerprint density at radius 1 is 1.16 bits per heavy atom. The predicted octanol–water partition coefficient (Wildman–Crippen LogP) is 3.28. The molecule has 3 heteroatoms. The molecule has 1 N–H and O–H groups in total. The lowest BCUT2D eigenvalue weighted by Gasteiger charge is -2.13. The number of nitrogens with zero attached hydrogens (tertiary/aromatic N) is 2. The van der Waals surface area contributed by atoms with Crippen molar-refractivity contribution in [3.63, 3.8) is 0 Å². The summed E-state index contributed by atoms with van der Waals surface area (Å²) in [6.07, 6.45) is 3.83. The van der Waals surface area contributed by atoms with E-state index in [-0.39, 0.29) is 0 Å². The zero-order valence-corrected chi connectivity index (χ0v) is 11.2. The standard InChI is InChI=1S/C16H17N3/c1-12(17-2)13-5-3-6-14(11-13)15-7-4-8-16-18-9-10-19(15)16/h3-12,17H,1-2H3. The first kappa shape index (κ1) is 11.9. The van der Waals surface area contributed by atoms with Crippen molar-refractivity contribution in [2.45, 2.75) is 13.0 Å². The summed E-state index contributed by atoms with van der Waals surface area (Å²) in [6, 6.07) is 15.2. The van der Waals surface area contributed by atoms with Crippen LogP contribution in [0.2, 0.25) is 0 Å². The monoisotopic (exact) mass is 251 g/mol.